The van der Waals surface area contributed by atoms with Crippen molar-refractivity contribution < 1.29 is 27.9 Å². The predicted molar refractivity (Wildman–Crippen MR) is 93.3 cm³/mol. The van der Waals surface area contributed by atoms with Crippen LogP contribution in [0.4, 0.5) is 0 Å². The third-order valence-corrected chi connectivity index (χ3v) is 4.12. The summed E-state index contributed by atoms with van der Waals surface area (Å²) in [4.78, 5) is 0. The van der Waals surface area contributed by atoms with Gasteiger partial charge in [-0.25, -0.2) is 0 Å². The van der Waals surface area contributed by atoms with E-state index in [4.69, 9.17) is 27.9 Å². The molecule has 2 fully saturated rings. The lowest BCUT2D eigenvalue weighted by atomic mass is 9.95. The van der Waals surface area contributed by atoms with E-state index in [1.54, 1.807) is 0 Å². The van der Waals surface area contributed by atoms with Crippen LogP contribution in [-0.2, 0) is 27.9 Å². The maximum absolute atomic E-state index is 5.76. The van der Waals surface area contributed by atoms with Gasteiger partial charge in [0.25, 0.3) is 0 Å². The van der Waals surface area contributed by atoms with Crippen molar-refractivity contribution in [2.75, 3.05) is 13.2 Å². The molecule has 2 aliphatic rings. The maximum atomic E-state index is 5.76. The minimum Gasteiger partial charge on any atom is -0.386 e. The van der Waals surface area contributed by atoms with E-state index in [-0.39, 0.29) is 23.4 Å². The number of hydrogen-bond donors (Lipinski definition) is 0. The highest BCUT2D eigenvalue weighted by Gasteiger charge is 2.40. The Morgan fingerprint density at radius 2 is 1.17 bits per heavy atom. The van der Waals surface area contributed by atoms with Gasteiger partial charge in [0.05, 0.1) is 11.2 Å². The van der Waals surface area contributed by atoms with Crippen LogP contribution in [0.25, 0.3) is 0 Å². The zero-order valence-corrected chi connectivity index (χ0v) is 16.0. The molecule has 24 heavy (non-hydrogen) atoms. The summed E-state index contributed by atoms with van der Waals surface area (Å²) in [5.74, 6) is 0. The fourth-order valence-corrected chi connectivity index (χ4v) is 3.24. The fourth-order valence-electron chi connectivity index (χ4n) is 3.24. The summed E-state index contributed by atoms with van der Waals surface area (Å²) in [5.41, 5.74) is -0.408. The van der Waals surface area contributed by atoms with E-state index in [2.05, 4.69) is 27.7 Å². The first-order chi connectivity index (χ1) is 11.2. The van der Waals surface area contributed by atoms with Gasteiger partial charge in [0.1, 0.15) is 0 Å². The Labute approximate surface area is 147 Å². The van der Waals surface area contributed by atoms with Gasteiger partial charge in [0.2, 0.25) is 0 Å². The minimum absolute atomic E-state index is 0.146. The summed E-state index contributed by atoms with van der Waals surface area (Å²) in [6.45, 7) is 13.5. The second-order valence-corrected chi connectivity index (χ2v) is 8.08. The number of hydrogen-bond acceptors (Lipinski definition) is 6. The van der Waals surface area contributed by atoms with E-state index in [1.807, 2.05) is 13.8 Å². The second kappa shape index (κ2) is 8.52. The predicted octanol–water partition coefficient (Wildman–Crippen LogP) is 2.98. The molecule has 0 amide bonds. The fraction of sp³-hybridized carbons (Fsp3) is 1.00. The molecule has 2 unspecified atom stereocenters. The molecule has 2 atom stereocenters. The maximum Gasteiger partial charge on any atom is 0.640 e. The molecule has 138 valence electrons. The molecule has 0 radical (unpaired) electrons. The van der Waals surface area contributed by atoms with Crippen LogP contribution >= 0.6 is 0 Å². The van der Waals surface area contributed by atoms with Crippen LogP contribution in [0.5, 0.6) is 0 Å². The third-order valence-electron chi connectivity index (χ3n) is 4.12. The Bertz CT molecular complexity index is 357. The lowest BCUT2D eigenvalue weighted by Crippen LogP contribution is -2.47. The Hall–Kier alpha value is -0.110. The van der Waals surface area contributed by atoms with Crippen LogP contribution < -0.4 is 0 Å². The van der Waals surface area contributed by atoms with E-state index in [0.717, 1.165) is 25.7 Å². The van der Waals surface area contributed by atoms with Crippen molar-refractivity contribution in [2.24, 2.45) is 0 Å². The number of unbranched alkanes of at least 4 members (excludes halogenated alkanes) is 1. The zero-order valence-electron chi connectivity index (χ0n) is 16.0. The van der Waals surface area contributed by atoms with E-state index in [1.165, 1.54) is 0 Å². The smallest absolute Gasteiger partial charge is 0.386 e. The van der Waals surface area contributed by atoms with Gasteiger partial charge in [-0.05, 0) is 67.2 Å². The Morgan fingerprint density at radius 3 is 1.50 bits per heavy atom. The molecule has 0 bridgehead atoms. The SMILES string of the molecule is CC1CC(C)(C)OB(OCCCCOB2OC(C)CC(C)(C)O2)O1. The summed E-state index contributed by atoms with van der Waals surface area (Å²) in [6.07, 6.45) is 3.77. The third kappa shape index (κ3) is 7.02. The van der Waals surface area contributed by atoms with Crippen molar-refractivity contribution in [3.8, 4) is 0 Å². The molecule has 0 aliphatic carbocycles. The van der Waals surface area contributed by atoms with Gasteiger partial charge in [-0.2, -0.15) is 0 Å². The molecular formula is C16H32B2O6. The van der Waals surface area contributed by atoms with Gasteiger partial charge in [-0.1, -0.05) is 0 Å². The van der Waals surface area contributed by atoms with Gasteiger partial charge in [-0.15, -0.1) is 0 Å². The van der Waals surface area contributed by atoms with Crippen LogP contribution in [0, 0.1) is 0 Å². The molecule has 0 aromatic rings. The van der Waals surface area contributed by atoms with Crippen molar-refractivity contribution in [2.45, 2.75) is 90.6 Å². The average Bonchev–Trinajstić information content (AvgIpc) is 2.38. The van der Waals surface area contributed by atoms with Crippen molar-refractivity contribution >= 4 is 14.6 Å². The highest BCUT2D eigenvalue weighted by Crippen LogP contribution is 2.27. The summed E-state index contributed by atoms with van der Waals surface area (Å²) < 4.78 is 34.2. The van der Waals surface area contributed by atoms with Gasteiger partial charge in [0.15, 0.2) is 0 Å². The van der Waals surface area contributed by atoms with Crippen LogP contribution in [0.1, 0.15) is 67.2 Å². The molecule has 0 spiro atoms. The zero-order chi connectivity index (χ0) is 17.8. The average molecular weight is 342 g/mol. The summed E-state index contributed by atoms with van der Waals surface area (Å²) in [7, 11) is -1.15. The van der Waals surface area contributed by atoms with Gasteiger partial charge < -0.3 is 27.9 Å². The van der Waals surface area contributed by atoms with E-state index >= 15 is 0 Å². The molecule has 8 heteroatoms. The topological polar surface area (TPSA) is 55.4 Å². The molecule has 6 nitrogen and oxygen atoms in total. The van der Waals surface area contributed by atoms with Crippen molar-refractivity contribution in [3.05, 3.63) is 0 Å². The van der Waals surface area contributed by atoms with Crippen molar-refractivity contribution in [1.82, 2.24) is 0 Å². The van der Waals surface area contributed by atoms with Gasteiger partial charge >= 0.3 is 14.6 Å². The van der Waals surface area contributed by atoms with E-state index < -0.39 is 14.6 Å². The quantitative estimate of drug-likeness (QED) is 0.524. The lowest BCUT2D eigenvalue weighted by Gasteiger charge is -2.37. The molecule has 2 heterocycles. The monoisotopic (exact) mass is 342 g/mol. The standard InChI is InChI=1S/C16H32B2O6/c1-13-11-15(3,4)23-17(21-13)19-9-7-8-10-20-18-22-14(2)12-16(5,6)24-18/h13-14H,7-12H2,1-6H3. The summed E-state index contributed by atoms with van der Waals surface area (Å²) in [5, 5.41) is 0. The lowest BCUT2D eigenvalue weighted by molar-refractivity contribution is -0.0728. The van der Waals surface area contributed by atoms with Gasteiger partial charge in [-0.3, -0.25) is 0 Å². The molecule has 2 saturated heterocycles. The van der Waals surface area contributed by atoms with Crippen LogP contribution in [0.3, 0.4) is 0 Å². The van der Waals surface area contributed by atoms with Crippen LogP contribution in [0.15, 0.2) is 0 Å². The molecule has 0 saturated carbocycles. The largest absolute Gasteiger partial charge is 0.640 e. The van der Waals surface area contributed by atoms with Crippen molar-refractivity contribution in [3.63, 3.8) is 0 Å². The van der Waals surface area contributed by atoms with Crippen LogP contribution in [-0.4, -0.2) is 51.3 Å². The van der Waals surface area contributed by atoms with E-state index in [0.29, 0.717) is 13.2 Å². The highest BCUT2D eigenvalue weighted by molar-refractivity contribution is 6.37. The Balaban J connectivity index is 1.55. The Morgan fingerprint density at radius 1 is 0.792 bits per heavy atom. The second-order valence-electron chi connectivity index (χ2n) is 8.08. The Kier molecular flexibility index (Phi) is 7.17. The first-order valence-electron chi connectivity index (χ1n) is 9.05. The molecular weight excluding hydrogens is 310 g/mol. The summed E-state index contributed by atoms with van der Waals surface area (Å²) in [6, 6.07) is 0. The molecule has 2 aliphatic heterocycles. The normalized spacial score (nSPS) is 29.8. The molecule has 0 N–H and O–H groups in total. The van der Waals surface area contributed by atoms with Gasteiger partial charge in [0, 0.05) is 25.4 Å². The number of rotatable bonds is 7. The van der Waals surface area contributed by atoms with Crippen LogP contribution in [0.2, 0.25) is 0 Å². The summed E-state index contributed by atoms with van der Waals surface area (Å²) >= 11 is 0. The first kappa shape index (κ1) is 20.2. The highest BCUT2D eigenvalue weighted by atomic mass is 16.8. The van der Waals surface area contributed by atoms with Crippen molar-refractivity contribution in [1.29, 1.82) is 0 Å². The van der Waals surface area contributed by atoms with E-state index in [9.17, 15) is 0 Å². The first-order valence-corrected chi connectivity index (χ1v) is 9.05. The molecule has 0 aromatic heterocycles. The molecule has 0 aromatic carbocycles. The minimum atomic E-state index is -0.573. The molecule has 2 rings (SSSR count).